The number of hydrogen-bond acceptors (Lipinski definition) is 2. The van der Waals surface area contributed by atoms with Crippen molar-refractivity contribution in [2.24, 2.45) is 4.99 Å². The fourth-order valence-electron chi connectivity index (χ4n) is 1.25. The van der Waals surface area contributed by atoms with Crippen LogP contribution in [0.15, 0.2) is 29.3 Å². The number of amides is 2. The highest BCUT2D eigenvalue weighted by molar-refractivity contribution is 6.18. The van der Waals surface area contributed by atoms with Crippen LogP contribution < -0.4 is 5.32 Å². The molecule has 0 bridgehead atoms. The van der Waals surface area contributed by atoms with Crippen LogP contribution in [-0.2, 0) is 4.79 Å². The Morgan fingerprint density at radius 1 is 1.25 bits per heavy atom. The lowest BCUT2D eigenvalue weighted by Gasteiger charge is -2.01. The summed E-state index contributed by atoms with van der Waals surface area (Å²) in [7, 11) is 0. The molecule has 1 aliphatic rings. The first-order valence-electron chi connectivity index (χ1n) is 5.49. The van der Waals surface area contributed by atoms with E-state index in [4.69, 9.17) is 0 Å². The molecule has 0 heterocycles. The van der Waals surface area contributed by atoms with Crippen LogP contribution >= 0.6 is 0 Å². The van der Waals surface area contributed by atoms with E-state index in [-0.39, 0.29) is 11.8 Å². The number of hydrogen-bond donors (Lipinski definition) is 1. The molecular formula is C12H16N2O2. The van der Waals surface area contributed by atoms with Crippen molar-refractivity contribution in [2.75, 3.05) is 6.54 Å². The summed E-state index contributed by atoms with van der Waals surface area (Å²) in [5.74, 6) is -0.0812. The van der Waals surface area contributed by atoms with Gasteiger partial charge in [-0.2, -0.15) is 4.99 Å². The zero-order valence-corrected chi connectivity index (χ0v) is 9.40. The van der Waals surface area contributed by atoms with Gasteiger partial charge in [0.05, 0.1) is 5.71 Å². The highest BCUT2D eigenvalue weighted by atomic mass is 16.2. The summed E-state index contributed by atoms with van der Waals surface area (Å²) in [5.41, 5.74) is 0.507. The molecule has 0 aromatic carbocycles. The minimum Gasteiger partial charge on any atom is -0.336 e. The van der Waals surface area contributed by atoms with Crippen molar-refractivity contribution < 1.29 is 9.59 Å². The van der Waals surface area contributed by atoms with Gasteiger partial charge in [-0.3, -0.25) is 4.79 Å². The molecule has 0 aromatic rings. The average Bonchev–Trinajstić information content (AvgIpc) is 2.28. The summed E-state index contributed by atoms with van der Waals surface area (Å²) in [4.78, 5) is 25.9. The van der Waals surface area contributed by atoms with Crippen LogP contribution in [0.25, 0.3) is 0 Å². The molecule has 0 aromatic heterocycles. The van der Waals surface area contributed by atoms with Gasteiger partial charge in [-0.05, 0) is 30.7 Å². The zero-order valence-electron chi connectivity index (χ0n) is 9.40. The van der Waals surface area contributed by atoms with Crippen molar-refractivity contribution in [3.05, 3.63) is 24.3 Å². The number of nitrogens with one attached hydrogen (secondary N) is 1. The summed E-state index contributed by atoms with van der Waals surface area (Å²) in [6.07, 6.45) is 9.05. The molecule has 0 saturated carbocycles. The highest BCUT2D eigenvalue weighted by Gasteiger charge is 2.02. The third-order valence-electron chi connectivity index (χ3n) is 2.12. The number of allylic oxidation sites excluding steroid dienone is 4. The molecule has 0 spiro atoms. The quantitative estimate of drug-likeness (QED) is 0.582. The number of nitrogens with zero attached hydrogens (tertiary/aromatic N) is 1. The number of carbonyl (C=O) groups excluding carboxylic acids is 2. The molecule has 0 unspecified atom stereocenters. The van der Waals surface area contributed by atoms with Crippen molar-refractivity contribution in [2.45, 2.75) is 26.2 Å². The molecule has 4 heteroatoms. The minimum absolute atomic E-state index is 0.0812. The number of carbonyl (C=O) groups is 2. The van der Waals surface area contributed by atoms with E-state index in [2.05, 4.69) is 17.2 Å². The number of aliphatic imine (C=N–C) groups is 1. The largest absolute Gasteiger partial charge is 0.341 e. The number of unbranched alkanes of at least 4 members (excludes halogenated alkanes) is 2. The number of ketones is 1. The van der Waals surface area contributed by atoms with E-state index >= 15 is 0 Å². The van der Waals surface area contributed by atoms with Gasteiger partial charge < -0.3 is 5.32 Å². The van der Waals surface area contributed by atoms with Crippen LogP contribution in [0.5, 0.6) is 0 Å². The zero-order chi connectivity index (χ0) is 11.8. The fourth-order valence-corrected chi connectivity index (χ4v) is 1.25. The van der Waals surface area contributed by atoms with E-state index in [0.717, 1.165) is 19.3 Å². The van der Waals surface area contributed by atoms with Gasteiger partial charge in [0.25, 0.3) is 0 Å². The summed E-state index contributed by atoms with van der Waals surface area (Å²) in [5, 5.41) is 2.70. The summed E-state index contributed by atoms with van der Waals surface area (Å²) < 4.78 is 0. The SMILES string of the molecule is CCCCCNC(=O)N=C1C=CC(=O)C=C1. The predicted octanol–water partition coefficient (Wildman–Crippen LogP) is 2.02. The lowest BCUT2D eigenvalue weighted by molar-refractivity contribution is -0.110. The maximum atomic E-state index is 11.3. The second-order valence-corrected chi connectivity index (χ2v) is 3.54. The van der Waals surface area contributed by atoms with Crippen LogP contribution in [-0.4, -0.2) is 24.1 Å². The first-order valence-corrected chi connectivity index (χ1v) is 5.49. The Kier molecular flexibility index (Phi) is 5.19. The van der Waals surface area contributed by atoms with Crippen LogP contribution in [0.3, 0.4) is 0 Å². The predicted molar refractivity (Wildman–Crippen MR) is 63.6 cm³/mol. The average molecular weight is 220 g/mol. The first kappa shape index (κ1) is 12.4. The second kappa shape index (κ2) is 6.71. The van der Waals surface area contributed by atoms with E-state index in [9.17, 15) is 9.59 Å². The van der Waals surface area contributed by atoms with Gasteiger partial charge in [0.1, 0.15) is 0 Å². The standard InChI is InChI=1S/C12H16N2O2/c1-2-3-4-9-13-12(16)14-10-5-7-11(15)8-6-10/h5-8H,2-4,9H2,1H3,(H,13,16). The van der Waals surface area contributed by atoms with Gasteiger partial charge in [0.2, 0.25) is 0 Å². The molecule has 1 aliphatic carbocycles. The Morgan fingerprint density at radius 2 is 1.94 bits per heavy atom. The van der Waals surface area contributed by atoms with Gasteiger partial charge >= 0.3 is 6.03 Å². The van der Waals surface area contributed by atoms with E-state index in [1.54, 1.807) is 0 Å². The van der Waals surface area contributed by atoms with Crippen molar-refractivity contribution in [1.29, 1.82) is 0 Å². The van der Waals surface area contributed by atoms with Crippen molar-refractivity contribution in [3.8, 4) is 0 Å². The minimum atomic E-state index is -0.352. The summed E-state index contributed by atoms with van der Waals surface area (Å²) in [6.45, 7) is 2.76. The Bertz CT molecular complexity index is 336. The van der Waals surface area contributed by atoms with Gasteiger partial charge in [-0.25, -0.2) is 4.79 Å². The molecule has 0 fully saturated rings. The van der Waals surface area contributed by atoms with Crippen LogP contribution in [0.2, 0.25) is 0 Å². The lowest BCUT2D eigenvalue weighted by atomic mass is 10.2. The molecule has 86 valence electrons. The first-order chi connectivity index (χ1) is 7.72. The Hall–Kier alpha value is -1.71. The molecule has 0 atom stereocenters. The Morgan fingerprint density at radius 3 is 2.56 bits per heavy atom. The molecule has 0 aliphatic heterocycles. The van der Waals surface area contributed by atoms with Crippen molar-refractivity contribution in [3.63, 3.8) is 0 Å². The van der Waals surface area contributed by atoms with Crippen molar-refractivity contribution in [1.82, 2.24) is 5.32 Å². The van der Waals surface area contributed by atoms with Gasteiger partial charge in [-0.1, -0.05) is 19.8 Å². The fraction of sp³-hybridized carbons (Fsp3) is 0.417. The second-order valence-electron chi connectivity index (χ2n) is 3.54. The van der Waals surface area contributed by atoms with Crippen LogP contribution in [0.4, 0.5) is 4.79 Å². The smallest absolute Gasteiger partial charge is 0.336 e. The number of urea groups is 1. The van der Waals surface area contributed by atoms with Gasteiger partial charge in [0.15, 0.2) is 5.78 Å². The molecule has 4 nitrogen and oxygen atoms in total. The third kappa shape index (κ3) is 4.68. The van der Waals surface area contributed by atoms with Crippen molar-refractivity contribution >= 4 is 17.5 Å². The molecular weight excluding hydrogens is 204 g/mol. The molecule has 2 amide bonds. The number of rotatable bonds is 4. The van der Waals surface area contributed by atoms with Gasteiger partial charge in [0, 0.05) is 6.54 Å². The maximum Gasteiger partial charge on any atom is 0.341 e. The maximum absolute atomic E-state index is 11.3. The van der Waals surface area contributed by atoms with Crippen LogP contribution in [0, 0.1) is 0 Å². The monoisotopic (exact) mass is 220 g/mol. The topological polar surface area (TPSA) is 58.5 Å². The highest BCUT2D eigenvalue weighted by Crippen LogP contribution is 1.96. The van der Waals surface area contributed by atoms with E-state index in [1.807, 2.05) is 0 Å². The molecule has 1 rings (SSSR count). The lowest BCUT2D eigenvalue weighted by Crippen LogP contribution is -2.22. The molecule has 1 N–H and O–H groups in total. The molecule has 16 heavy (non-hydrogen) atoms. The Balaban J connectivity index is 2.33. The normalized spacial score (nSPS) is 14.1. The molecule has 0 saturated heterocycles. The van der Waals surface area contributed by atoms with Gasteiger partial charge in [-0.15, -0.1) is 0 Å². The van der Waals surface area contributed by atoms with E-state index in [0.29, 0.717) is 12.3 Å². The third-order valence-corrected chi connectivity index (χ3v) is 2.12. The molecule has 0 radical (unpaired) electrons. The summed E-state index contributed by atoms with van der Waals surface area (Å²) >= 11 is 0. The summed E-state index contributed by atoms with van der Waals surface area (Å²) in [6, 6.07) is -0.352. The van der Waals surface area contributed by atoms with E-state index < -0.39 is 0 Å². The van der Waals surface area contributed by atoms with Crippen LogP contribution in [0.1, 0.15) is 26.2 Å². The Labute approximate surface area is 95.1 Å². The van der Waals surface area contributed by atoms with E-state index in [1.165, 1.54) is 24.3 Å².